The van der Waals surface area contributed by atoms with Gasteiger partial charge in [0.25, 0.3) is 11.5 Å². The van der Waals surface area contributed by atoms with Crippen molar-refractivity contribution in [3.63, 3.8) is 0 Å². The maximum atomic E-state index is 12.5. The van der Waals surface area contributed by atoms with Gasteiger partial charge in [0.2, 0.25) is 0 Å². The van der Waals surface area contributed by atoms with Crippen LogP contribution >= 0.6 is 0 Å². The van der Waals surface area contributed by atoms with Crippen molar-refractivity contribution >= 4 is 11.6 Å². The number of nitrogens with one attached hydrogen (secondary N) is 1. The van der Waals surface area contributed by atoms with Crippen molar-refractivity contribution in [2.24, 2.45) is 0 Å². The van der Waals surface area contributed by atoms with Crippen LogP contribution in [0.4, 0.5) is 5.69 Å². The van der Waals surface area contributed by atoms with Crippen LogP contribution < -0.4 is 15.6 Å². The second-order valence-electron chi connectivity index (χ2n) is 6.28. The lowest BCUT2D eigenvalue weighted by Gasteiger charge is -2.10. The number of rotatable bonds is 6. The van der Waals surface area contributed by atoms with Crippen molar-refractivity contribution in [1.29, 1.82) is 0 Å². The maximum absolute atomic E-state index is 12.5. The molecule has 0 aliphatic heterocycles. The van der Waals surface area contributed by atoms with Crippen LogP contribution in [0, 0.1) is 6.92 Å². The van der Waals surface area contributed by atoms with Crippen molar-refractivity contribution in [1.82, 2.24) is 4.57 Å². The molecular weight excluding hydrogens is 340 g/mol. The number of aromatic nitrogens is 1. The number of ether oxygens (including phenoxy) is 1. The molecule has 1 N–H and O–H groups in total. The van der Waals surface area contributed by atoms with Gasteiger partial charge >= 0.3 is 0 Å². The monoisotopic (exact) mass is 362 g/mol. The molecule has 27 heavy (non-hydrogen) atoms. The molecule has 2 aromatic carbocycles. The number of nitrogens with zero attached hydrogens (tertiary/aromatic N) is 1. The van der Waals surface area contributed by atoms with Gasteiger partial charge in [0.1, 0.15) is 5.75 Å². The first-order valence-electron chi connectivity index (χ1n) is 8.85. The van der Waals surface area contributed by atoms with Gasteiger partial charge < -0.3 is 14.6 Å². The minimum absolute atomic E-state index is 0.145. The van der Waals surface area contributed by atoms with Gasteiger partial charge in [0.05, 0.1) is 18.7 Å². The molecule has 1 amide bonds. The molecule has 0 saturated carbocycles. The SMILES string of the molecule is CCOc1ccc(NC(=O)c2ccc(=O)n(Cc3ccc(C)cc3)c2)cc1. The van der Waals surface area contributed by atoms with E-state index in [9.17, 15) is 9.59 Å². The number of benzene rings is 2. The summed E-state index contributed by atoms with van der Waals surface area (Å²) in [6, 6.07) is 18.1. The van der Waals surface area contributed by atoms with Crippen LogP contribution in [0.1, 0.15) is 28.4 Å². The third-order valence-electron chi connectivity index (χ3n) is 4.14. The number of hydrogen-bond acceptors (Lipinski definition) is 3. The van der Waals surface area contributed by atoms with Gasteiger partial charge in [-0.2, -0.15) is 0 Å². The zero-order valence-electron chi connectivity index (χ0n) is 15.4. The van der Waals surface area contributed by atoms with Gasteiger partial charge in [0.15, 0.2) is 0 Å². The Bertz CT molecular complexity index is 974. The second-order valence-corrected chi connectivity index (χ2v) is 6.28. The molecule has 0 unspecified atom stereocenters. The highest BCUT2D eigenvalue weighted by Gasteiger charge is 2.09. The minimum Gasteiger partial charge on any atom is -0.494 e. The van der Waals surface area contributed by atoms with E-state index >= 15 is 0 Å². The Morgan fingerprint density at radius 2 is 1.70 bits per heavy atom. The molecule has 1 aromatic heterocycles. The largest absolute Gasteiger partial charge is 0.494 e. The van der Waals surface area contributed by atoms with Crippen LogP contribution in [-0.2, 0) is 6.54 Å². The summed E-state index contributed by atoms with van der Waals surface area (Å²) in [7, 11) is 0. The van der Waals surface area contributed by atoms with E-state index in [0.29, 0.717) is 24.4 Å². The molecule has 5 heteroatoms. The van der Waals surface area contributed by atoms with E-state index in [-0.39, 0.29) is 11.5 Å². The van der Waals surface area contributed by atoms with Crippen molar-refractivity contribution < 1.29 is 9.53 Å². The highest BCUT2D eigenvalue weighted by molar-refractivity contribution is 6.04. The number of pyridine rings is 1. The van der Waals surface area contributed by atoms with Gasteiger partial charge in [-0.15, -0.1) is 0 Å². The first-order chi connectivity index (χ1) is 13.0. The van der Waals surface area contributed by atoms with Crippen LogP contribution in [0.3, 0.4) is 0 Å². The first-order valence-corrected chi connectivity index (χ1v) is 8.85. The Balaban J connectivity index is 1.75. The van der Waals surface area contributed by atoms with Crippen LogP contribution in [0.25, 0.3) is 0 Å². The zero-order valence-corrected chi connectivity index (χ0v) is 15.4. The standard InChI is InChI=1S/C22H22N2O3/c1-3-27-20-11-9-19(10-12-20)23-22(26)18-8-13-21(25)24(15-18)14-17-6-4-16(2)5-7-17/h4-13,15H,3,14H2,1-2H3,(H,23,26). The van der Waals surface area contributed by atoms with Gasteiger partial charge in [-0.1, -0.05) is 29.8 Å². The smallest absolute Gasteiger partial charge is 0.257 e. The van der Waals surface area contributed by atoms with Gasteiger partial charge in [0, 0.05) is 18.0 Å². The third kappa shape index (κ3) is 4.85. The third-order valence-corrected chi connectivity index (χ3v) is 4.14. The molecule has 0 saturated heterocycles. The zero-order chi connectivity index (χ0) is 19.2. The summed E-state index contributed by atoms with van der Waals surface area (Å²) in [6.07, 6.45) is 1.59. The fraction of sp³-hybridized carbons (Fsp3) is 0.182. The van der Waals surface area contributed by atoms with E-state index < -0.39 is 0 Å². The normalized spacial score (nSPS) is 10.4. The Morgan fingerprint density at radius 3 is 2.37 bits per heavy atom. The lowest BCUT2D eigenvalue weighted by molar-refractivity contribution is 0.102. The topological polar surface area (TPSA) is 60.3 Å². The molecule has 0 radical (unpaired) electrons. The molecule has 138 valence electrons. The van der Waals surface area contributed by atoms with Crippen molar-refractivity contribution in [2.75, 3.05) is 11.9 Å². The quantitative estimate of drug-likeness (QED) is 0.724. The predicted molar refractivity (Wildman–Crippen MR) is 107 cm³/mol. The number of carbonyl (C=O) groups is 1. The van der Waals surface area contributed by atoms with Crippen molar-refractivity contribution in [2.45, 2.75) is 20.4 Å². The van der Waals surface area contributed by atoms with Crippen LogP contribution in [0.15, 0.2) is 71.7 Å². The van der Waals surface area contributed by atoms with E-state index in [0.717, 1.165) is 16.9 Å². The Labute approximate surface area is 158 Å². The second kappa shape index (κ2) is 8.36. The number of hydrogen-bond donors (Lipinski definition) is 1. The molecule has 0 bridgehead atoms. The van der Waals surface area contributed by atoms with E-state index in [1.54, 1.807) is 30.5 Å². The van der Waals surface area contributed by atoms with E-state index in [2.05, 4.69) is 5.32 Å². The molecular formula is C22H22N2O3. The van der Waals surface area contributed by atoms with Gasteiger partial charge in [-0.05, 0) is 49.7 Å². The molecule has 0 aliphatic carbocycles. The molecule has 0 atom stereocenters. The number of aryl methyl sites for hydroxylation is 1. The average Bonchev–Trinajstić information content (AvgIpc) is 2.67. The molecule has 1 heterocycles. The van der Waals surface area contributed by atoms with Crippen molar-refractivity contribution in [3.05, 3.63) is 93.9 Å². The van der Waals surface area contributed by atoms with E-state index in [1.807, 2.05) is 38.1 Å². The number of anilines is 1. The predicted octanol–water partition coefficient (Wildman–Crippen LogP) is 3.86. The summed E-state index contributed by atoms with van der Waals surface area (Å²) in [6.45, 7) is 4.95. The highest BCUT2D eigenvalue weighted by atomic mass is 16.5. The first kappa shape index (κ1) is 18.5. The number of carbonyl (C=O) groups excluding carboxylic acids is 1. The minimum atomic E-state index is -0.267. The van der Waals surface area contributed by atoms with Crippen LogP contribution in [-0.4, -0.2) is 17.1 Å². The Kier molecular flexibility index (Phi) is 5.71. The summed E-state index contributed by atoms with van der Waals surface area (Å²) >= 11 is 0. The molecule has 0 spiro atoms. The lowest BCUT2D eigenvalue weighted by Crippen LogP contribution is -2.22. The van der Waals surface area contributed by atoms with E-state index in [1.165, 1.54) is 16.7 Å². The Morgan fingerprint density at radius 1 is 1.00 bits per heavy atom. The maximum Gasteiger partial charge on any atom is 0.257 e. The fourth-order valence-electron chi connectivity index (χ4n) is 2.68. The summed E-state index contributed by atoms with van der Waals surface area (Å²) in [5.74, 6) is 0.485. The molecule has 3 rings (SSSR count). The Hall–Kier alpha value is -3.34. The summed E-state index contributed by atoms with van der Waals surface area (Å²) in [5.41, 5.74) is 3.12. The number of amides is 1. The summed E-state index contributed by atoms with van der Waals surface area (Å²) in [4.78, 5) is 24.7. The fourth-order valence-corrected chi connectivity index (χ4v) is 2.68. The molecule has 0 aliphatic rings. The lowest BCUT2D eigenvalue weighted by atomic mass is 10.1. The molecule has 3 aromatic rings. The molecule has 5 nitrogen and oxygen atoms in total. The van der Waals surface area contributed by atoms with Crippen molar-refractivity contribution in [3.8, 4) is 5.75 Å². The summed E-state index contributed by atoms with van der Waals surface area (Å²) < 4.78 is 6.93. The van der Waals surface area contributed by atoms with E-state index in [4.69, 9.17) is 4.74 Å². The van der Waals surface area contributed by atoms with Gasteiger partial charge in [-0.25, -0.2) is 0 Å². The molecule has 0 fully saturated rings. The van der Waals surface area contributed by atoms with Crippen LogP contribution in [0.2, 0.25) is 0 Å². The highest BCUT2D eigenvalue weighted by Crippen LogP contribution is 2.16. The van der Waals surface area contributed by atoms with Gasteiger partial charge in [-0.3, -0.25) is 9.59 Å². The summed E-state index contributed by atoms with van der Waals surface area (Å²) in [5, 5.41) is 2.84. The average molecular weight is 362 g/mol. The van der Waals surface area contributed by atoms with Crippen LogP contribution in [0.5, 0.6) is 5.75 Å².